The Labute approximate surface area is 102 Å². The number of aryl methyl sites for hydroxylation is 1. The van der Waals surface area contributed by atoms with Gasteiger partial charge in [-0.25, -0.2) is 4.79 Å². The molecule has 1 aromatic carbocycles. The van der Waals surface area contributed by atoms with E-state index in [4.69, 9.17) is 4.74 Å². The van der Waals surface area contributed by atoms with Gasteiger partial charge in [0.05, 0.1) is 6.61 Å². The Kier molecular flexibility index (Phi) is 3.67. The van der Waals surface area contributed by atoms with Crippen LogP contribution in [0.4, 0.5) is 5.69 Å². The van der Waals surface area contributed by atoms with Crippen LogP contribution in [0.25, 0.3) is 0 Å². The van der Waals surface area contributed by atoms with Gasteiger partial charge in [0.2, 0.25) is 0 Å². The van der Waals surface area contributed by atoms with Crippen LogP contribution >= 0.6 is 0 Å². The van der Waals surface area contributed by atoms with Crippen LogP contribution in [-0.4, -0.2) is 18.6 Å². The van der Waals surface area contributed by atoms with Crippen LogP contribution in [0.3, 0.4) is 0 Å². The van der Waals surface area contributed by atoms with Crippen molar-refractivity contribution in [3.05, 3.63) is 29.8 Å². The molecular weight excluding hydrogens is 214 g/mol. The summed E-state index contributed by atoms with van der Waals surface area (Å²) in [4.78, 5) is 11.8. The molecule has 1 atom stereocenters. The number of anilines is 1. The maximum absolute atomic E-state index is 11.8. The topological polar surface area (TPSA) is 38.3 Å². The summed E-state index contributed by atoms with van der Waals surface area (Å²) in [6.45, 7) is 4.33. The van der Waals surface area contributed by atoms with Crippen LogP contribution in [0.2, 0.25) is 0 Å². The largest absolute Gasteiger partial charge is 0.464 e. The second kappa shape index (κ2) is 5.21. The minimum Gasteiger partial charge on any atom is -0.464 e. The normalized spacial score (nSPS) is 16.4. The molecule has 2 rings (SSSR count). The van der Waals surface area contributed by atoms with Gasteiger partial charge in [0, 0.05) is 5.69 Å². The van der Waals surface area contributed by atoms with Crippen LogP contribution < -0.4 is 5.32 Å². The predicted molar refractivity (Wildman–Crippen MR) is 67.9 cm³/mol. The smallest absolute Gasteiger partial charge is 0.328 e. The van der Waals surface area contributed by atoms with E-state index in [1.807, 2.05) is 32.0 Å². The van der Waals surface area contributed by atoms with Gasteiger partial charge in [-0.3, -0.25) is 0 Å². The van der Waals surface area contributed by atoms with E-state index in [1.165, 1.54) is 5.56 Å². The number of benzene rings is 1. The molecule has 1 saturated carbocycles. The number of ether oxygens (including phenoxy) is 1. The number of rotatable bonds is 5. The van der Waals surface area contributed by atoms with Gasteiger partial charge in [0.15, 0.2) is 0 Å². The SMILES string of the molecule is CCOC(=O)C(Nc1cccc(C)c1)C1CC1. The summed E-state index contributed by atoms with van der Waals surface area (Å²) in [5.41, 5.74) is 2.18. The quantitative estimate of drug-likeness (QED) is 0.795. The van der Waals surface area contributed by atoms with Gasteiger partial charge in [0.1, 0.15) is 6.04 Å². The number of nitrogens with one attached hydrogen (secondary N) is 1. The predicted octanol–water partition coefficient (Wildman–Crippen LogP) is 2.75. The van der Waals surface area contributed by atoms with Gasteiger partial charge >= 0.3 is 5.97 Å². The molecule has 3 heteroatoms. The third-order valence-electron chi connectivity index (χ3n) is 2.97. The zero-order chi connectivity index (χ0) is 12.3. The van der Waals surface area contributed by atoms with Gasteiger partial charge in [-0.1, -0.05) is 12.1 Å². The van der Waals surface area contributed by atoms with Crippen LogP contribution in [0, 0.1) is 12.8 Å². The van der Waals surface area contributed by atoms with E-state index in [0.29, 0.717) is 12.5 Å². The van der Waals surface area contributed by atoms with Crippen LogP contribution in [0.5, 0.6) is 0 Å². The van der Waals surface area contributed by atoms with Crippen LogP contribution in [-0.2, 0) is 9.53 Å². The summed E-state index contributed by atoms with van der Waals surface area (Å²) >= 11 is 0. The molecule has 0 aromatic heterocycles. The average molecular weight is 233 g/mol. The summed E-state index contributed by atoms with van der Waals surface area (Å²) in [7, 11) is 0. The highest BCUT2D eigenvalue weighted by Gasteiger charge is 2.37. The molecule has 1 unspecified atom stereocenters. The van der Waals surface area contributed by atoms with Crippen molar-refractivity contribution >= 4 is 11.7 Å². The maximum Gasteiger partial charge on any atom is 0.328 e. The number of esters is 1. The summed E-state index contributed by atoms with van der Waals surface area (Å²) in [5.74, 6) is 0.311. The van der Waals surface area contributed by atoms with Gasteiger partial charge in [-0.05, 0) is 50.3 Å². The van der Waals surface area contributed by atoms with Gasteiger partial charge in [0.25, 0.3) is 0 Å². The third kappa shape index (κ3) is 3.22. The Morgan fingerprint density at radius 3 is 2.88 bits per heavy atom. The molecule has 92 valence electrons. The number of carbonyl (C=O) groups excluding carboxylic acids is 1. The average Bonchev–Trinajstić information content (AvgIpc) is 3.10. The van der Waals surface area contributed by atoms with Crippen LogP contribution in [0.15, 0.2) is 24.3 Å². The third-order valence-corrected chi connectivity index (χ3v) is 2.97. The molecule has 1 aliphatic rings. The van der Waals surface area contributed by atoms with E-state index < -0.39 is 0 Å². The molecule has 1 N–H and O–H groups in total. The minimum atomic E-state index is -0.184. The fraction of sp³-hybridized carbons (Fsp3) is 0.500. The highest BCUT2D eigenvalue weighted by atomic mass is 16.5. The zero-order valence-corrected chi connectivity index (χ0v) is 10.4. The van der Waals surface area contributed by atoms with Crippen molar-refractivity contribution in [2.75, 3.05) is 11.9 Å². The van der Waals surface area contributed by atoms with Crippen molar-refractivity contribution in [2.45, 2.75) is 32.7 Å². The Bertz CT molecular complexity index is 399. The molecule has 1 aliphatic carbocycles. The molecule has 1 aromatic rings. The standard InChI is InChI=1S/C14H19NO2/c1-3-17-14(16)13(11-7-8-11)15-12-6-4-5-10(2)9-12/h4-6,9,11,13,15H,3,7-8H2,1-2H3. The van der Waals surface area contributed by atoms with E-state index in [1.54, 1.807) is 0 Å². The highest BCUT2D eigenvalue weighted by Crippen LogP contribution is 2.34. The van der Waals surface area contributed by atoms with Gasteiger partial charge < -0.3 is 10.1 Å². The number of hydrogen-bond acceptors (Lipinski definition) is 3. The van der Waals surface area contributed by atoms with Gasteiger partial charge in [-0.2, -0.15) is 0 Å². The van der Waals surface area contributed by atoms with Gasteiger partial charge in [-0.15, -0.1) is 0 Å². The monoisotopic (exact) mass is 233 g/mol. The fourth-order valence-corrected chi connectivity index (χ4v) is 1.95. The Balaban J connectivity index is 2.05. The van der Waals surface area contributed by atoms with E-state index in [9.17, 15) is 4.79 Å². The van der Waals surface area contributed by atoms with E-state index in [2.05, 4.69) is 11.4 Å². The molecule has 0 aliphatic heterocycles. The highest BCUT2D eigenvalue weighted by molar-refractivity contribution is 5.80. The maximum atomic E-state index is 11.8. The molecule has 17 heavy (non-hydrogen) atoms. The lowest BCUT2D eigenvalue weighted by Crippen LogP contribution is -2.33. The van der Waals surface area contributed by atoms with E-state index in [-0.39, 0.29) is 12.0 Å². The summed E-state index contributed by atoms with van der Waals surface area (Å²) in [5, 5.41) is 3.29. The molecule has 0 saturated heterocycles. The summed E-state index contributed by atoms with van der Waals surface area (Å²) in [6.07, 6.45) is 2.23. The summed E-state index contributed by atoms with van der Waals surface area (Å²) in [6, 6.07) is 7.89. The van der Waals surface area contributed by atoms with Crippen molar-refractivity contribution in [3.63, 3.8) is 0 Å². The molecule has 3 nitrogen and oxygen atoms in total. The molecule has 0 bridgehead atoms. The first-order valence-electron chi connectivity index (χ1n) is 6.20. The lowest BCUT2D eigenvalue weighted by molar-refractivity contribution is -0.144. The number of hydrogen-bond donors (Lipinski definition) is 1. The first kappa shape index (κ1) is 12.0. The molecule has 0 amide bonds. The minimum absolute atomic E-state index is 0.128. The van der Waals surface area contributed by atoms with E-state index in [0.717, 1.165) is 18.5 Å². The first-order chi connectivity index (χ1) is 8.20. The van der Waals surface area contributed by atoms with Crippen LogP contribution in [0.1, 0.15) is 25.3 Å². The van der Waals surface area contributed by atoms with Crippen molar-refractivity contribution in [2.24, 2.45) is 5.92 Å². The number of carbonyl (C=O) groups is 1. The zero-order valence-electron chi connectivity index (χ0n) is 10.4. The first-order valence-corrected chi connectivity index (χ1v) is 6.20. The lowest BCUT2D eigenvalue weighted by Gasteiger charge is -2.18. The molecule has 0 spiro atoms. The summed E-state index contributed by atoms with van der Waals surface area (Å²) < 4.78 is 5.11. The van der Waals surface area contributed by atoms with E-state index >= 15 is 0 Å². The molecular formula is C14H19NO2. The molecule has 0 radical (unpaired) electrons. The van der Waals surface area contributed by atoms with Crippen molar-refractivity contribution < 1.29 is 9.53 Å². The lowest BCUT2D eigenvalue weighted by atomic mass is 10.1. The molecule has 0 heterocycles. The molecule has 1 fully saturated rings. The van der Waals surface area contributed by atoms with Crippen molar-refractivity contribution in [1.29, 1.82) is 0 Å². The Morgan fingerprint density at radius 1 is 1.53 bits per heavy atom. The second-order valence-corrected chi connectivity index (χ2v) is 4.58. The van der Waals surface area contributed by atoms with Crippen molar-refractivity contribution in [3.8, 4) is 0 Å². The van der Waals surface area contributed by atoms with Crippen molar-refractivity contribution in [1.82, 2.24) is 0 Å². The fourth-order valence-electron chi connectivity index (χ4n) is 1.95. The Morgan fingerprint density at radius 2 is 2.29 bits per heavy atom. The Hall–Kier alpha value is -1.51. The second-order valence-electron chi connectivity index (χ2n) is 4.58.